The molecule has 1 aromatic carbocycles. The van der Waals surface area contributed by atoms with Crippen molar-refractivity contribution in [1.29, 1.82) is 0 Å². The van der Waals surface area contributed by atoms with Crippen LogP contribution in [0.2, 0.25) is 0 Å². The third kappa shape index (κ3) is 2.21. The smallest absolute Gasteiger partial charge is 0.161 e. The molecular formula is C16H22N2O3. The van der Waals surface area contributed by atoms with Crippen molar-refractivity contribution in [2.75, 3.05) is 14.2 Å². The lowest BCUT2D eigenvalue weighted by Gasteiger charge is -2.36. The first-order valence-electron chi connectivity index (χ1n) is 7.37. The zero-order chi connectivity index (χ0) is 15.0. The van der Waals surface area contributed by atoms with E-state index < -0.39 is 0 Å². The van der Waals surface area contributed by atoms with Crippen molar-refractivity contribution in [3.05, 3.63) is 23.8 Å². The van der Waals surface area contributed by atoms with Gasteiger partial charge in [0, 0.05) is 5.71 Å². The van der Waals surface area contributed by atoms with Gasteiger partial charge in [0.15, 0.2) is 17.7 Å². The van der Waals surface area contributed by atoms with E-state index in [9.17, 15) is 5.21 Å². The first-order chi connectivity index (χ1) is 10.1. The van der Waals surface area contributed by atoms with Crippen LogP contribution in [0.5, 0.6) is 11.5 Å². The lowest BCUT2D eigenvalue weighted by Crippen LogP contribution is -2.48. The predicted octanol–water partition coefficient (Wildman–Crippen LogP) is 3.18. The highest BCUT2D eigenvalue weighted by Crippen LogP contribution is 2.43. The Bertz CT molecular complexity index is 573. The maximum absolute atomic E-state index is 10.6. The summed E-state index contributed by atoms with van der Waals surface area (Å²) in [4.78, 5) is 4.76. The number of hydrogen-bond donors (Lipinski definition) is 1. The van der Waals surface area contributed by atoms with Gasteiger partial charge in [-0.15, -0.1) is 0 Å². The van der Waals surface area contributed by atoms with Crippen molar-refractivity contribution in [3.63, 3.8) is 0 Å². The van der Waals surface area contributed by atoms with Gasteiger partial charge in [-0.3, -0.25) is 4.99 Å². The van der Waals surface area contributed by atoms with E-state index in [4.69, 9.17) is 14.5 Å². The third-order valence-electron chi connectivity index (χ3n) is 4.67. The molecule has 2 unspecified atom stereocenters. The van der Waals surface area contributed by atoms with E-state index in [1.54, 1.807) is 14.2 Å². The number of methoxy groups -OCH3 is 2. The Morgan fingerprint density at radius 3 is 2.67 bits per heavy atom. The lowest BCUT2D eigenvalue weighted by molar-refractivity contribution is -0.168. The van der Waals surface area contributed by atoms with Crippen LogP contribution in [0.4, 0.5) is 0 Å². The van der Waals surface area contributed by atoms with Gasteiger partial charge in [0.05, 0.1) is 19.8 Å². The molecule has 0 bridgehead atoms. The minimum Gasteiger partial charge on any atom is -0.493 e. The maximum atomic E-state index is 10.6. The molecule has 5 heteroatoms. The van der Waals surface area contributed by atoms with Crippen LogP contribution in [0.3, 0.4) is 0 Å². The van der Waals surface area contributed by atoms with E-state index >= 15 is 0 Å². The maximum Gasteiger partial charge on any atom is 0.161 e. The summed E-state index contributed by atoms with van der Waals surface area (Å²) >= 11 is 0. The summed E-state index contributed by atoms with van der Waals surface area (Å²) in [5, 5.41) is 12.0. The van der Waals surface area contributed by atoms with Crippen molar-refractivity contribution in [2.45, 2.75) is 44.3 Å². The fraction of sp³-hybridized carbons (Fsp3) is 0.562. The number of ether oxygens (including phenoxy) is 2. The summed E-state index contributed by atoms with van der Waals surface area (Å²) in [6.45, 7) is 2.08. The fourth-order valence-corrected chi connectivity index (χ4v) is 3.33. The van der Waals surface area contributed by atoms with E-state index in [0.717, 1.165) is 37.0 Å². The molecule has 0 aromatic heterocycles. The van der Waals surface area contributed by atoms with Gasteiger partial charge < -0.3 is 14.7 Å². The molecule has 21 heavy (non-hydrogen) atoms. The second kappa shape index (κ2) is 5.31. The molecule has 1 heterocycles. The van der Waals surface area contributed by atoms with Crippen molar-refractivity contribution in [1.82, 2.24) is 5.06 Å². The second-order valence-corrected chi connectivity index (χ2v) is 5.89. The van der Waals surface area contributed by atoms with Gasteiger partial charge >= 0.3 is 0 Å². The molecule has 3 rings (SSSR count). The average molecular weight is 290 g/mol. The van der Waals surface area contributed by atoms with Crippen LogP contribution >= 0.6 is 0 Å². The van der Waals surface area contributed by atoms with Crippen molar-refractivity contribution >= 4 is 5.71 Å². The van der Waals surface area contributed by atoms with E-state index in [2.05, 4.69) is 6.92 Å². The summed E-state index contributed by atoms with van der Waals surface area (Å²) in [5.74, 6) is 1.34. The minimum atomic E-state index is -0.358. The van der Waals surface area contributed by atoms with Crippen molar-refractivity contribution in [3.8, 4) is 11.5 Å². The van der Waals surface area contributed by atoms with Gasteiger partial charge in [-0.25, -0.2) is 0 Å². The molecule has 5 nitrogen and oxygen atoms in total. The molecule has 1 saturated carbocycles. The van der Waals surface area contributed by atoms with Crippen LogP contribution in [0, 0.1) is 0 Å². The van der Waals surface area contributed by atoms with Crippen molar-refractivity contribution < 1.29 is 14.7 Å². The van der Waals surface area contributed by atoms with Gasteiger partial charge in [-0.2, -0.15) is 5.06 Å². The second-order valence-electron chi connectivity index (χ2n) is 5.89. The summed E-state index contributed by atoms with van der Waals surface area (Å²) in [6, 6.07) is 5.67. The van der Waals surface area contributed by atoms with Crippen LogP contribution < -0.4 is 9.47 Å². The number of fused-ring (bicyclic) bond motifs is 1. The number of aliphatic imine (C=N–C) groups is 1. The third-order valence-corrected chi connectivity index (χ3v) is 4.67. The Morgan fingerprint density at radius 2 is 2.00 bits per heavy atom. The van der Waals surface area contributed by atoms with E-state index in [-0.39, 0.29) is 11.7 Å². The number of hydrogen-bond acceptors (Lipinski definition) is 5. The molecule has 1 aliphatic carbocycles. The average Bonchev–Trinajstić information content (AvgIpc) is 2.78. The zero-order valence-electron chi connectivity index (χ0n) is 12.8. The summed E-state index contributed by atoms with van der Waals surface area (Å²) < 4.78 is 10.6. The summed E-state index contributed by atoms with van der Waals surface area (Å²) in [5.41, 5.74) is 1.70. The highest BCUT2D eigenvalue weighted by Gasteiger charge is 2.47. The Hall–Kier alpha value is -1.59. The van der Waals surface area contributed by atoms with Gasteiger partial charge in [0.25, 0.3) is 0 Å². The zero-order valence-corrected chi connectivity index (χ0v) is 12.8. The number of nitrogens with zero attached hydrogens (tertiary/aromatic N) is 2. The standard InChI is InChI=1S/C16H22N2O3/c1-16-9-5-4-6-14(16)17-15(18(16)19)11-7-8-12(20-2)13(10-11)21-3/h7-8,10,15,19H,4-6,9H2,1-3H3. The normalized spacial score (nSPS) is 29.0. The van der Waals surface area contributed by atoms with Crippen LogP contribution in [-0.2, 0) is 0 Å². The molecule has 1 N–H and O–H groups in total. The molecule has 1 aromatic rings. The molecule has 0 spiro atoms. The highest BCUT2D eigenvalue weighted by molar-refractivity contribution is 5.95. The van der Waals surface area contributed by atoms with E-state index in [1.807, 2.05) is 18.2 Å². The summed E-state index contributed by atoms with van der Waals surface area (Å²) in [7, 11) is 3.22. The van der Waals surface area contributed by atoms with Gasteiger partial charge in [0.2, 0.25) is 0 Å². The van der Waals surface area contributed by atoms with Crippen LogP contribution in [0.25, 0.3) is 0 Å². The van der Waals surface area contributed by atoms with Crippen LogP contribution in [-0.4, -0.2) is 35.7 Å². The molecule has 114 valence electrons. The van der Waals surface area contributed by atoms with Crippen LogP contribution in [0.1, 0.15) is 44.3 Å². The molecule has 2 aliphatic rings. The van der Waals surface area contributed by atoms with E-state index in [0.29, 0.717) is 11.5 Å². The highest BCUT2D eigenvalue weighted by atomic mass is 16.5. The molecule has 2 atom stereocenters. The quantitative estimate of drug-likeness (QED) is 0.929. The lowest BCUT2D eigenvalue weighted by atomic mass is 9.82. The first-order valence-corrected chi connectivity index (χ1v) is 7.37. The topological polar surface area (TPSA) is 54.3 Å². The Morgan fingerprint density at radius 1 is 1.24 bits per heavy atom. The molecule has 1 fully saturated rings. The molecule has 1 aliphatic heterocycles. The van der Waals surface area contributed by atoms with E-state index in [1.165, 1.54) is 5.06 Å². The molecule has 0 radical (unpaired) electrons. The SMILES string of the molecule is COc1ccc(C2N=C3CCCCC3(C)N2O)cc1OC. The van der Waals surface area contributed by atoms with Gasteiger partial charge in [-0.1, -0.05) is 12.5 Å². The summed E-state index contributed by atoms with van der Waals surface area (Å²) in [6.07, 6.45) is 3.85. The van der Waals surface area contributed by atoms with Gasteiger partial charge in [-0.05, 0) is 43.9 Å². The Kier molecular flexibility index (Phi) is 3.63. The largest absolute Gasteiger partial charge is 0.493 e. The molecule has 0 amide bonds. The number of rotatable bonds is 3. The Labute approximate surface area is 125 Å². The van der Waals surface area contributed by atoms with Crippen molar-refractivity contribution in [2.24, 2.45) is 4.99 Å². The number of hydroxylamine groups is 2. The van der Waals surface area contributed by atoms with Crippen LogP contribution in [0.15, 0.2) is 23.2 Å². The van der Waals surface area contributed by atoms with Gasteiger partial charge in [0.1, 0.15) is 0 Å². The minimum absolute atomic E-state index is 0.323. The monoisotopic (exact) mass is 290 g/mol. The molecular weight excluding hydrogens is 268 g/mol. The predicted molar refractivity (Wildman–Crippen MR) is 80.2 cm³/mol. The number of benzene rings is 1. The molecule has 0 saturated heterocycles. The first kappa shape index (κ1) is 14.4. The fourth-order valence-electron chi connectivity index (χ4n) is 3.33. The Balaban J connectivity index is 1.96.